The minimum absolute atomic E-state index is 0.0698. The molecule has 0 rings (SSSR count). The van der Waals surface area contributed by atoms with Crippen LogP contribution in [0.3, 0.4) is 0 Å². The highest BCUT2D eigenvalue weighted by atomic mass is 16.6. The van der Waals surface area contributed by atoms with Crippen LogP contribution in [0.2, 0.25) is 0 Å². The summed E-state index contributed by atoms with van der Waals surface area (Å²) in [6.07, 6.45) is 67.4. The molecule has 0 spiro atoms. The van der Waals surface area contributed by atoms with Gasteiger partial charge in [-0.15, -0.1) is 0 Å². The maximum Gasteiger partial charge on any atom is 0.306 e. The molecule has 0 fully saturated rings. The summed E-state index contributed by atoms with van der Waals surface area (Å²) in [5.74, 6) is -0.859. The Bertz CT molecular complexity index is 1100. The van der Waals surface area contributed by atoms with Crippen LogP contribution < -0.4 is 0 Å². The van der Waals surface area contributed by atoms with E-state index in [2.05, 4.69) is 45.1 Å². The Hall–Kier alpha value is -2.11. The number of unbranched alkanes of at least 4 members (excludes halogenated alkanes) is 41. The molecule has 0 aliphatic heterocycles. The summed E-state index contributed by atoms with van der Waals surface area (Å²) in [6, 6.07) is 0. The molecule has 0 saturated heterocycles. The van der Waals surface area contributed by atoms with Crippen LogP contribution in [0.25, 0.3) is 0 Å². The summed E-state index contributed by atoms with van der Waals surface area (Å²) < 4.78 is 16.9. The van der Waals surface area contributed by atoms with Crippen molar-refractivity contribution in [3.8, 4) is 0 Å². The second-order valence-corrected chi connectivity index (χ2v) is 20.6. The third-order valence-electron chi connectivity index (χ3n) is 13.7. The average molecular weight is 958 g/mol. The second kappa shape index (κ2) is 57.5. The van der Waals surface area contributed by atoms with Crippen LogP contribution in [-0.4, -0.2) is 37.2 Å². The molecule has 6 heteroatoms. The van der Waals surface area contributed by atoms with Crippen LogP contribution in [-0.2, 0) is 28.6 Å². The number of hydrogen-bond donors (Lipinski definition) is 0. The van der Waals surface area contributed by atoms with Gasteiger partial charge in [-0.1, -0.05) is 295 Å². The van der Waals surface area contributed by atoms with Gasteiger partial charge in [-0.3, -0.25) is 14.4 Å². The highest BCUT2D eigenvalue weighted by Gasteiger charge is 2.19. The van der Waals surface area contributed by atoms with E-state index >= 15 is 0 Å². The zero-order valence-electron chi connectivity index (χ0n) is 45.9. The summed E-state index contributed by atoms with van der Waals surface area (Å²) in [5, 5.41) is 0. The molecule has 0 unspecified atom stereocenters. The molecule has 0 bridgehead atoms. The van der Waals surface area contributed by atoms with Crippen molar-refractivity contribution < 1.29 is 28.6 Å². The maximum atomic E-state index is 12.9. The minimum Gasteiger partial charge on any atom is -0.462 e. The normalized spacial score (nSPS) is 12.1. The van der Waals surface area contributed by atoms with E-state index in [1.165, 1.54) is 218 Å². The molecule has 0 N–H and O–H groups in total. The first-order valence-corrected chi connectivity index (χ1v) is 30.3. The number of rotatable bonds is 56. The van der Waals surface area contributed by atoms with Gasteiger partial charge in [0.15, 0.2) is 6.10 Å². The molecule has 68 heavy (non-hydrogen) atoms. The van der Waals surface area contributed by atoms with Gasteiger partial charge in [0.1, 0.15) is 13.2 Å². The van der Waals surface area contributed by atoms with Gasteiger partial charge in [0.05, 0.1) is 0 Å². The molecule has 0 aromatic rings. The third kappa shape index (κ3) is 54.8. The third-order valence-corrected chi connectivity index (χ3v) is 13.7. The summed E-state index contributed by atoms with van der Waals surface area (Å²) in [5.41, 5.74) is 0. The minimum atomic E-state index is -0.772. The lowest BCUT2D eigenvalue weighted by atomic mass is 10.0. The number of carbonyl (C=O) groups is 3. The lowest BCUT2D eigenvalue weighted by Crippen LogP contribution is -2.30. The average Bonchev–Trinajstić information content (AvgIpc) is 3.34. The fourth-order valence-electron chi connectivity index (χ4n) is 9.11. The van der Waals surface area contributed by atoms with E-state index in [-0.39, 0.29) is 31.1 Å². The molecule has 0 saturated carbocycles. The predicted molar refractivity (Wildman–Crippen MR) is 293 cm³/mol. The van der Waals surface area contributed by atoms with Gasteiger partial charge in [-0.25, -0.2) is 0 Å². The van der Waals surface area contributed by atoms with Crippen molar-refractivity contribution in [1.82, 2.24) is 0 Å². The number of esters is 3. The van der Waals surface area contributed by atoms with E-state index in [1.807, 2.05) is 0 Å². The number of hydrogen-bond acceptors (Lipinski definition) is 6. The van der Waals surface area contributed by atoms with Crippen LogP contribution in [0.4, 0.5) is 0 Å². The molecular formula is C62H116O6. The van der Waals surface area contributed by atoms with E-state index in [1.54, 1.807) is 0 Å². The summed E-state index contributed by atoms with van der Waals surface area (Å²) in [7, 11) is 0. The van der Waals surface area contributed by atoms with E-state index in [9.17, 15) is 14.4 Å². The van der Waals surface area contributed by atoms with Crippen LogP contribution in [0, 0.1) is 0 Å². The van der Waals surface area contributed by atoms with Crippen LogP contribution in [0.15, 0.2) is 24.3 Å². The lowest BCUT2D eigenvalue weighted by molar-refractivity contribution is -0.167. The van der Waals surface area contributed by atoms with Crippen molar-refractivity contribution in [1.29, 1.82) is 0 Å². The Morgan fingerprint density at radius 3 is 0.853 bits per heavy atom. The molecule has 0 heterocycles. The molecular weight excluding hydrogens is 841 g/mol. The Kier molecular flexibility index (Phi) is 55.7. The van der Waals surface area contributed by atoms with Gasteiger partial charge in [-0.2, -0.15) is 0 Å². The molecule has 0 aromatic carbocycles. The first-order valence-electron chi connectivity index (χ1n) is 30.3. The Morgan fingerprint density at radius 1 is 0.294 bits per heavy atom. The van der Waals surface area contributed by atoms with E-state index in [4.69, 9.17) is 14.2 Å². The Labute approximate surface area is 423 Å². The topological polar surface area (TPSA) is 78.9 Å². The number of ether oxygens (including phenoxy) is 3. The van der Waals surface area contributed by atoms with Crippen LogP contribution >= 0.6 is 0 Å². The summed E-state index contributed by atoms with van der Waals surface area (Å²) in [4.78, 5) is 38.2. The van der Waals surface area contributed by atoms with Gasteiger partial charge in [-0.05, 0) is 44.9 Å². The molecule has 0 aliphatic carbocycles. The molecule has 0 radical (unpaired) electrons. The van der Waals surface area contributed by atoms with Gasteiger partial charge >= 0.3 is 17.9 Å². The standard InChI is InChI=1S/C62H116O6/c1-4-7-10-13-16-19-22-25-28-30-32-34-37-40-43-46-49-52-55-61(64)67-58-59(57-66-60(63)54-51-48-45-42-39-36-27-24-21-18-15-12-9-6-3)68-62(65)56-53-50-47-44-41-38-35-33-31-29-26-23-20-17-14-11-8-5-2/h15,18,24,27,59H,4-14,16-17,19-23,25-26,28-58H2,1-3H3/b18-15+,27-24+/t59-/m1/s1. The van der Waals surface area contributed by atoms with Gasteiger partial charge in [0, 0.05) is 19.3 Å². The zero-order chi connectivity index (χ0) is 49.3. The maximum absolute atomic E-state index is 12.9. The lowest BCUT2D eigenvalue weighted by Gasteiger charge is -2.18. The molecule has 6 nitrogen and oxygen atoms in total. The van der Waals surface area contributed by atoms with Crippen LogP contribution in [0.1, 0.15) is 335 Å². The zero-order valence-corrected chi connectivity index (χ0v) is 45.9. The fourth-order valence-corrected chi connectivity index (χ4v) is 9.11. The Morgan fingerprint density at radius 2 is 0.544 bits per heavy atom. The molecule has 0 amide bonds. The molecule has 1 atom stereocenters. The van der Waals surface area contributed by atoms with Crippen molar-refractivity contribution >= 4 is 17.9 Å². The van der Waals surface area contributed by atoms with Gasteiger partial charge in [0.2, 0.25) is 0 Å². The summed E-state index contributed by atoms with van der Waals surface area (Å²) in [6.45, 7) is 6.65. The Balaban J connectivity index is 4.31. The number of carbonyl (C=O) groups excluding carboxylic acids is 3. The smallest absolute Gasteiger partial charge is 0.306 e. The van der Waals surface area contributed by atoms with Crippen molar-refractivity contribution in [3.05, 3.63) is 24.3 Å². The van der Waals surface area contributed by atoms with Crippen LogP contribution in [0.5, 0.6) is 0 Å². The monoisotopic (exact) mass is 957 g/mol. The van der Waals surface area contributed by atoms with Crippen molar-refractivity contribution in [3.63, 3.8) is 0 Å². The fraction of sp³-hybridized carbons (Fsp3) is 0.887. The highest BCUT2D eigenvalue weighted by Crippen LogP contribution is 2.18. The summed E-state index contributed by atoms with van der Waals surface area (Å²) >= 11 is 0. The molecule has 400 valence electrons. The van der Waals surface area contributed by atoms with Crippen molar-refractivity contribution in [2.75, 3.05) is 13.2 Å². The van der Waals surface area contributed by atoms with E-state index < -0.39 is 6.10 Å². The quantitative estimate of drug-likeness (QED) is 0.0262. The predicted octanol–water partition coefficient (Wildman–Crippen LogP) is 20.3. The second-order valence-electron chi connectivity index (χ2n) is 20.6. The molecule has 0 aliphatic rings. The number of allylic oxidation sites excluding steroid dienone is 4. The first-order chi connectivity index (χ1) is 33.5. The highest BCUT2D eigenvalue weighted by molar-refractivity contribution is 5.71. The largest absolute Gasteiger partial charge is 0.462 e. The van der Waals surface area contributed by atoms with Gasteiger partial charge < -0.3 is 14.2 Å². The van der Waals surface area contributed by atoms with Gasteiger partial charge in [0.25, 0.3) is 0 Å². The first kappa shape index (κ1) is 65.9. The van der Waals surface area contributed by atoms with E-state index in [0.717, 1.165) is 77.0 Å². The van der Waals surface area contributed by atoms with Crippen molar-refractivity contribution in [2.24, 2.45) is 0 Å². The van der Waals surface area contributed by atoms with Crippen molar-refractivity contribution in [2.45, 2.75) is 341 Å². The molecule has 0 aromatic heterocycles. The SMILES string of the molecule is CCCC/C=C/C/C=C/CCCCCCCC(=O)OC[C@H](COC(=O)CCCCCCCCCCCCCCCCCCCC)OC(=O)CCCCCCCCCCCCCCCCCCCC. The van der Waals surface area contributed by atoms with E-state index in [0.29, 0.717) is 19.3 Å².